The molecule has 1 unspecified atom stereocenters. The van der Waals surface area contributed by atoms with Crippen molar-refractivity contribution in [1.82, 2.24) is 25.3 Å². The molecular formula is C21H30N6O. The molecule has 1 saturated carbocycles. The van der Waals surface area contributed by atoms with Crippen LogP contribution in [-0.4, -0.2) is 39.0 Å². The molecular weight excluding hydrogens is 352 g/mol. The van der Waals surface area contributed by atoms with E-state index >= 15 is 0 Å². The lowest BCUT2D eigenvalue weighted by atomic mass is 9.69. The normalized spacial score (nSPS) is 23.6. The highest BCUT2D eigenvalue weighted by Crippen LogP contribution is 2.75. The molecule has 1 saturated heterocycles. The van der Waals surface area contributed by atoms with Crippen molar-refractivity contribution >= 4 is 11.7 Å². The molecule has 7 heteroatoms. The van der Waals surface area contributed by atoms with Gasteiger partial charge in [-0.05, 0) is 67.8 Å². The molecule has 28 heavy (non-hydrogen) atoms. The third kappa shape index (κ3) is 2.75. The maximum atomic E-state index is 13.4. The van der Waals surface area contributed by atoms with Gasteiger partial charge in [0, 0.05) is 7.05 Å². The van der Waals surface area contributed by atoms with Crippen molar-refractivity contribution in [2.45, 2.75) is 47.0 Å². The van der Waals surface area contributed by atoms with Crippen molar-refractivity contribution in [2.75, 3.05) is 18.4 Å². The van der Waals surface area contributed by atoms with Gasteiger partial charge < -0.3 is 10.6 Å². The van der Waals surface area contributed by atoms with E-state index in [0.717, 1.165) is 49.3 Å². The minimum atomic E-state index is -0.346. The number of anilines is 1. The third-order valence-electron chi connectivity index (χ3n) is 6.88. The smallest absolute Gasteiger partial charge is 0.232 e. The van der Waals surface area contributed by atoms with Crippen LogP contribution in [0.5, 0.6) is 0 Å². The predicted molar refractivity (Wildman–Crippen MR) is 109 cm³/mol. The first-order valence-corrected chi connectivity index (χ1v) is 10.1. The number of hydrogen-bond donors (Lipinski definition) is 2. The van der Waals surface area contributed by atoms with Gasteiger partial charge in [-0.2, -0.15) is 5.10 Å². The Morgan fingerprint density at radius 2 is 1.93 bits per heavy atom. The van der Waals surface area contributed by atoms with E-state index in [1.807, 2.05) is 32.3 Å². The van der Waals surface area contributed by atoms with Gasteiger partial charge in [0.05, 0.1) is 17.3 Å². The topological polar surface area (TPSA) is 84.7 Å². The Balaban J connectivity index is 1.56. The first-order chi connectivity index (χ1) is 13.2. The summed E-state index contributed by atoms with van der Waals surface area (Å²) in [7, 11) is 1.89. The molecule has 1 amide bonds. The van der Waals surface area contributed by atoms with Gasteiger partial charge >= 0.3 is 0 Å². The second kappa shape index (κ2) is 6.37. The number of carbonyl (C=O) groups is 1. The number of rotatable bonds is 3. The van der Waals surface area contributed by atoms with E-state index in [1.54, 1.807) is 4.68 Å². The van der Waals surface area contributed by atoms with Crippen molar-refractivity contribution in [2.24, 2.45) is 23.3 Å². The van der Waals surface area contributed by atoms with Crippen LogP contribution in [-0.2, 0) is 11.8 Å². The van der Waals surface area contributed by atoms with E-state index in [9.17, 15) is 4.79 Å². The largest absolute Gasteiger partial charge is 0.317 e. The van der Waals surface area contributed by atoms with Crippen LogP contribution in [0.3, 0.4) is 0 Å². The molecule has 0 aromatic carbocycles. The number of hydrogen-bond acceptors (Lipinski definition) is 5. The first-order valence-electron chi connectivity index (χ1n) is 10.1. The maximum Gasteiger partial charge on any atom is 0.232 e. The molecule has 2 N–H and O–H groups in total. The van der Waals surface area contributed by atoms with Crippen LogP contribution < -0.4 is 10.6 Å². The summed E-state index contributed by atoms with van der Waals surface area (Å²) in [5.74, 6) is 0.592. The maximum absolute atomic E-state index is 13.4. The number of nitrogens with zero attached hydrogens (tertiary/aromatic N) is 4. The Morgan fingerprint density at radius 1 is 1.21 bits per heavy atom. The average molecular weight is 383 g/mol. The molecule has 0 bridgehead atoms. The molecule has 7 nitrogen and oxygen atoms in total. The van der Waals surface area contributed by atoms with Gasteiger partial charge in [-0.25, -0.2) is 0 Å². The molecule has 1 spiro atoms. The summed E-state index contributed by atoms with van der Waals surface area (Å²) >= 11 is 0. The van der Waals surface area contributed by atoms with Crippen LogP contribution in [0, 0.1) is 23.2 Å². The second-order valence-electron chi connectivity index (χ2n) is 9.42. The third-order valence-corrected chi connectivity index (χ3v) is 6.88. The van der Waals surface area contributed by atoms with Crippen molar-refractivity contribution in [3.63, 3.8) is 0 Å². The summed E-state index contributed by atoms with van der Waals surface area (Å²) in [6, 6.07) is 3.73. The highest BCUT2D eigenvalue weighted by atomic mass is 16.2. The van der Waals surface area contributed by atoms with E-state index in [1.165, 1.54) is 0 Å². The van der Waals surface area contributed by atoms with Crippen LogP contribution >= 0.6 is 0 Å². The van der Waals surface area contributed by atoms with Crippen molar-refractivity contribution in [3.05, 3.63) is 23.9 Å². The van der Waals surface area contributed by atoms with E-state index in [-0.39, 0.29) is 22.2 Å². The van der Waals surface area contributed by atoms with Crippen LogP contribution in [0.2, 0.25) is 0 Å². The molecule has 2 fully saturated rings. The lowest BCUT2D eigenvalue weighted by molar-refractivity contribution is -0.127. The lowest BCUT2D eigenvalue weighted by Crippen LogP contribution is -2.43. The second-order valence-corrected chi connectivity index (χ2v) is 9.42. The Bertz CT molecular complexity index is 869. The predicted octanol–water partition coefficient (Wildman–Crippen LogP) is 2.93. The fraction of sp³-hybridized carbons (Fsp3) is 0.619. The number of nitrogens with one attached hydrogen (secondary N) is 2. The minimum absolute atomic E-state index is 0.0839. The van der Waals surface area contributed by atoms with Gasteiger partial charge in [-0.3, -0.25) is 9.48 Å². The number of aromatic nitrogens is 4. The number of piperidine rings is 1. The van der Waals surface area contributed by atoms with Gasteiger partial charge in [0.25, 0.3) is 0 Å². The summed E-state index contributed by atoms with van der Waals surface area (Å²) < 4.78 is 1.79. The van der Waals surface area contributed by atoms with E-state index in [4.69, 9.17) is 0 Å². The molecule has 1 aliphatic heterocycles. The van der Waals surface area contributed by atoms with E-state index in [2.05, 4.69) is 46.7 Å². The monoisotopic (exact) mass is 382 g/mol. The zero-order valence-corrected chi connectivity index (χ0v) is 17.5. The van der Waals surface area contributed by atoms with Crippen LogP contribution in [0.4, 0.5) is 5.82 Å². The molecule has 2 aromatic rings. The fourth-order valence-corrected chi connectivity index (χ4v) is 5.36. The Morgan fingerprint density at radius 3 is 2.46 bits per heavy atom. The zero-order chi connectivity index (χ0) is 20.2. The summed E-state index contributed by atoms with van der Waals surface area (Å²) in [4.78, 5) is 13.4. The molecule has 1 atom stereocenters. The first kappa shape index (κ1) is 19.1. The molecule has 1 aliphatic carbocycles. The standard InChI is InChI=1S/C21H30N6O/c1-14-12-23-27(5)17(14)15-6-7-16(26-25-15)24-18(28)21(19(2,3)4)13-20(21)8-10-22-11-9-20/h6-7,12,22H,8-11,13H2,1-5H3,(H,24,26,28). The Hall–Kier alpha value is -2.28. The minimum Gasteiger partial charge on any atom is -0.317 e. The van der Waals surface area contributed by atoms with Gasteiger partial charge in [-0.15, -0.1) is 10.2 Å². The Kier molecular flexibility index (Phi) is 4.34. The van der Waals surface area contributed by atoms with Crippen molar-refractivity contribution in [1.29, 1.82) is 0 Å². The molecule has 150 valence electrons. The van der Waals surface area contributed by atoms with E-state index < -0.39 is 0 Å². The van der Waals surface area contributed by atoms with Crippen molar-refractivity contribution < 1.29 is 4.79 Å². The number of carbonyl (C=O) groups excluding carboxylic acids is 1. The summed E-state index contributed by atoms with van der Waals surface area (Å²) in [6.07, 6.45) is 4.88. The number of aryl methyl sites for hydroxylation is 2. The Labute approximate surface area is 166 Å². The molecule has 2 aromatic heterocycles. The van der Waals surface area contributed by atoms with Gasteiger partial charge in [0.15, 0.2) is 5.82 Å². The van der Waals surface area contributed by atoms with E-state index in [0.29, 0.717) is 5.82 Å². The van der Waals surface area contributed by atoms with Crippen LogP contribution in [0.1, 0.15) is 45.6 Å². The van der Waals surface area contributed by atoms with Crippen LogP contribution in [0.15, 0.2) is 18.3 Å². The highest BCUT2D eigenvalue weighted by Gasteiger charge is 2.75. The summed E-state index contributed by atoms with van der Waals surface area (Å²) in [6.45, 7) is 10.5. The zero-order valence-electron chi connectivity index (χ0n) is 17.5. The molecule has 2 aliphatic rings. The SMILES string of the molecule is Cc1cnn(C)c1-c1ccc(NC(=O)C2(C(C)(C)C)CC23CCNCC3)nn1. The quantitative estimate of drug-likeness (QED) is 0.853. The van der Waals surface area contributed by atoms with Gasteiger partial charge in [-0.1, -0.05) is 20.8 Å². The highest BCUT2D eigenvalue weighted by molar-refractivity contribution is 5.98. The lowest BCUT2D eigenvalue weighted by Gasteiger charge is -2.37. The summed E-state index contributed by atoms with van der Waals surface area (Å²) in [5.41, 5.74) is 2.40. The van der Waals surface area contributed by atoms with Gasteiger partial charge in [0.1, 0.15) is 5.69 Å². The average Bonchev–Trinajstić information content (AvgIpc) is 3.18. The summed E-state index contributed by atoms with van der Waals surface area (Å²) in [5, 5.41) is 19.4. The van der Waals surface area contributed by atoms with Crippen LogP contribution in [0.25, 0.3) is 11.4 Å². The molecule has 4 rings (SSSR count). The van der Waals surface area contributed by atoms with Gasteiger partial charge in [0.2, 0.25) is 5.91 Å². The number of amides is 1. The fourth-order valence-electron chi connectivity index (χ4n) is 5.36. The molecule has 3 heterocycles. The van der Waals surface area contributed by atoms with Crippen molar-refractivity contribution in [3.8, 4) is 11.4 Å². The molecule has 0 radical (unpaired) electrons.